The Kier molecular flexibility index (Phi) is 5.24. The van der Waals surface area contributed by atoms with Gasteiger partial charge in [0.25, 0.3) is 5.91 Å². The molecule has 0 radical (unpaired) electrons. The maximum atomic E-state index is 13.4. The average molecular weight is 452 g/mol. The second-order valence-corrected chi connectivity index (χ2v) is 8.49. The molecule has 0 aliphatic rings. The standard InChI is InChI=1S/C22H18BrN3OS/c1-14-10-15(2)20-19(11-14)25-22(28-20)26(13-16-6-5-9-24-12-16)21(27)17-7-3-4-8-18(17)23/h3-12H,13H2,1-2H3. The SMILES string of the molecule is Cc1cc(C)c2sc(N(Cc3cccnc3)C(=O)c3ccccc3Br)nc2c1. The van der Waals surface area contributed by atoms with Crippen LogP contribution in [-0.2, 0) is 6.54 Å². The van der Waals surface area contributed by atoms with Crippen molar-refractivity contribution in [2.24, 2.45) is 0 Å². The van der Waals surface area contributed by atoms with Crippen molar-refractivity contribution in [2.45, 2.75) is 20.4 Å². The van der Waals surface area contributed by atoms with E-state index in [0.717, 1.165) is 25.8 Å². The van der Waals surface area contributed by atoms with Crippen LogP contribution in [0, 0.1) is 13.8 Å². The third kappa shape index (κ3) is 3.70. The van der Waals surface area contributed by atoms with Crippen molar-refractivity contribution in [1.29, 1.82) is 0 Å². The number of aromatic nitrogens is 2. The molecule has 28 heavy (non-hydrogen) atoms. The number of nitrogens with zero attached hydrogens (tertiary/aromatic N) is 3. The highest BCUT2D eigenvalue weighted by atomic mass is 79.9. The third-order valence-electron chi connectivity index (χ3n) is 4.45. The average Bonchev–Trinajstić information content (AvgIpc) is 3.11. The summed E-state index contributed by atoms with van der Waals surface area (Å²) >= 11 is 5.05. The molecule has 0 saturated carbocycles. The number of pyridine rings is 1. The van der Waals surface area contributed by atoms with E-state index in [1.165, 1.54) is 5.56 Å². The zero-order valence-corrected chi connectivity index (χ0v) is 17.9. The van der Waals surface area contributed by atoms with Crippen molar-refractivity contribution < 1.29 is 4.79 Å². The smallest absolute Gasteiger partial charge is 0.261 e. The van der Waals surface area contributed by atoms with E-state index in [9.17, 15) is 4.79 Å². The highest BCUT2D eigenvalue weighted by Crippen LogP contribution is 2.34. The number of hydrogen-bond acceptors (Lipinski definition) is 4. The molecule has 0 fully saturated rings. The quantitative estimate of drug-likeness (QED) is 0.386. The van der Waals surface area contributed by atoms with E-state index in [1.807, 2.05) is 36.4 Å². The number of aryl methyl sites for hydroxylation is 2. The largest absolute Gasteiger partial charge is 0.279 e. The van der Waals surface area contributed by atoms with Crippen molar-refractivity contribution in [3.63, 3.8) is 0 Å². The van der Waals surface area contributed by atoms with Crippen LogP contribution in [0.15, 0.2) is 65.4 Å². The van der Waals surface area contributed by atoms with Gasteiger partial charge in [0.05, 0.1) is 22.3 Å². The Balaban J connectivity index is 1.82. The molecule has 1 amide bonds. The molecule has 0 unspecified atom stereocenters. The summed E-state index contributed by atoms with van der Waals surface area (Å²) in [5.74, 6) is -0.0928. The number of halogens is 1. The first-order valence-electron chi connectivity index (χ1n) is 8.86. The first-order valence-corrected chi connectivity index (χ1v) is 10.5. The molecule has 0 spiro atoms. The minimum Gasteiger partial charge on any atom is -0.279 e. The van der Waals surface area contributed by atoms with Crippen LogP contribution in [0.3, 0.4) is 0 Å². The summed E-state index contributed by atoms with van der Waals surface area (Å²) in [5, 5.41) is 0.688. The number of anilines is 1. The lowest BCUT2D eigenvalue weighted by atomic mass is 10.1. The van der Waals surface area contributed by atoms with Gasteiger partial charge in [-0.05, 0) is 70.7 Å². The molecule has 0 aliphatic heterocycles. The maximum Gasteiger partial charge on any atom is 0.261 e. The number of amides is 1. The van der Waals surface area contributed by atoms with Gasteiger partial charge >= 0.3 is 0 Å². The van der Waals surface area contributed by atoms with Gasteiger partial charge in [0.15, 0.2) is 5.13 Å². The summed E-state index contributed by atoms with van der Waals surface area (Å²) in [6.45, 7) is 4.55. The fourth-order valence-corrected chi connectivity index (χ4v) is 4.63. The fourth-order valence-electron chi connectivity index (χ4n) is 3.16. The Morgan fingerprint density at radius 3 is 2.71 bits per heavy atom. The molecule has 4 aromatic rings. The van der Waals surface area contributed by atoms with Gasteiger partial charge in [-0.3, -0.25) is 14.7 Å². The number of carbonyl (C=O) groups is 1. The molecular weight excluding hydrogens is 434 g/mol. The summed E-state index contributed by atoms with van der Waals surface area (Å²) in [6, 6.07) is 15.5. The van der Waals surface area contributed by atoms with Gasteiger partial charge < -0.3 is 0 Å². The minimum atomic E-state index is -0.0928. The Labute approximate surface area is 176 Å². The van der Waals surface area contributed by atoms with Crippen LogP contribution in [0.1, 0.15) is 27.0 Å². The molecule has 0 aliphatic carbocycles. The predicted molar refractivity (Wildman–Crippen MR) is 118 cm³/mol. The first kappa shape index (κ1) is 18.8. The highest BCUT2D eigenvalue weighted by molar-refractivity contribution is 9.10. The van der Waals surface area contributed by atoms with E-state index in [2.05, 4.69) is 46.9 Å². The lowest BCUT2D eigenvalue weighted by molar-refractivity contribution is 0.0984. The number of carbonyl (C=O) groups excluding carboxylic acids is 1. The third-order valence-corrected chi connectivity index (χ3v) is 6.37. The van der Waals surface area contributed by atoms with Gasteiger partial charge in [-0.15, -0.1) is 0 Å². The van der Waals surface area contributed by atoms with E-state index < -0.39 is 0 Å². The van der Waals surface area contributed by atoms with Crippen molar-refractivity contribution >= 4 is 48.5 Å². The highest BCUT2D eigenvalue weighted by Gasteiger charge is 2.23. The minimum absolute atomic E-state index is 0.0928. The molecule has 0 atom stereocenters. The number of rotatable bonds is 4. The van der Waals surface area contributed by atoms with E-state index in [0.29, 0.717) is 17.2 Å². The lowest BCUT2D eigenvalue weighted by Gasteiger charge is -2.20. The summed E-state index contributed by atoms with van der Waals surface area (Å²) < 4.78 is 1.88. The number of thiazole rings is 1. The fraction of sp³-hybridized carbons (Fsp3) is 0.136. The van der Waals surface area contributed by atoms with E-state index in [-0.39, 0.29) is 5.91 Å². The van der Waals surface area contributed by atoms with Gasteiger partial charge in [0.1, 0.15) is 0 Å². The Bertz CT molecular complexity index is 1160. The van der Waals surface area contributed by atoms with E-state index in [4.69, 9.17) is 4.98 Å². The van der Waals surface area contributed by atoms with Crippen LogP contribution in [0.5, 0.6) is 0 Å². The van der Waals surface area contributed by atoms with Crippen LogP contribution in [0.4, 0.5) is 5.13 Å². The summed E-state index contributed by atoms with van der Waals surface area (Å²) in [4.78, 5) is 24.2. The predicted octanol–water partition coefficient (Wildman–Crippen LogP) is 5.92. The monoisotopic (exact) mass is 451 g/mol. The maximum absolute atomic E-state index is 13.4. The number of fused-ring (bicyclic) bond motifs is 1. The second-order valence-electron chi connectivity index (χ2n) is 6.66. The van der Waals surface area contributed by atoms with Gasteiger partial charge in [-0.25, -0.2) is 4.98 Å². The van der Waals surface area contributed by atoms with Gasteiger partial charge in [0.2, 0.25) is 0 Å². The molecule has 2 heterocycles. The normalized spacial score (nSPS) is 11.0. The van der Waals surface area contributed by atoms with Crippen molar-refractivity contribution in [1.82, 2.24) is 9.97 Å². The van der Waals surface area contributed by atoms with Crippen LogP contribution < -0.4 is 4.90 Å². The lowest BCUT2D eigenvalue weighted by Crippen LogP contribution is -2.30. The summed E-state index contributed by atoms with van der Waals surface area (Å²) in [6.07, 6.45) is 3.51. The first-order chi connectivity index (χ1) is 13.5. The van der Waals surface area contributed by atoms with Crippen LogP contribution >= 0.6 is 27.3 Å². The molecule has 4 rings (SSSR count). The molecule has 6 heteroatoms. The van der Waals surface area contributed by atoms with Crippen LogP contribution in [0.25, 0.3) is 10.2 Å². The number of hydrogen-bond donors (Lipinski definition) is 0. The molecule has 0 N–H and O–H groups in total. The molecule has 0 bridgehead atoms. The zero-order valence-electron chi connectivity index (χ0n) is 15.5. The van der Waals surface area contributed by atoms with Crippen LogP contribution in [-0.4, -0.2) is 15.9 Å². The Morgan fingerprint density at radius 2 is 1.96 bits per heavy atom. The summed E-state index contributed by atoms with van der Waals surface area (Å²) in [5.41, 5.74) is 4.83. The molecule has 4 nitrogen and oxygen atoms in total. The second kappa shape index (κ2) is 7.81. The van der Waals surface area contributed by atoms with E-state index >= 15 is 0 Å². The van der Waals surface area contributed by atoms with Crippen molar-refractivity contribution in [3.05, 3.63) is 87.7 Å². The zero-order chi connectivity index (χ0) is 19.7. The Morgan fingerprint density at radius 1 is 1.14 bits per heavy atom. The topological polar surface area (TPSA) is 46.1 Å². The molecule has 2 aromatic heterocycles. The van der Waals surface area contributed by atoms with E-state index in [1.54, 1.807) is 28.6 Å². The molecule has 140 valence electrons. The van der Waals surface area contributed by atoms with Gasteiger partial charge in [-0.1, -0.05) is 35.6 Å². The van der Waals surface area contributed by atoms with Gasteiger partial charge in [-0.2, -0.15) is 0 Å². The molecule has 2 aromatic carbocycles. The molecule has 0 saturated heterocycles. The number of benzene rings is 2. The van der Waals surface area contributed by atoms with Crippen molar-refractivity contribution in [3.8, 4) is 0 Å². The van der Waals surface area contributed by atoms with Crippen molar-refractivity contribution in [2.75, 3.05) is 4.90 Å². The van der Waals surface area contributed by atoms with Gasteiger partial charge in [0, 0.05) is 16.9 Å². The summed E-state index contributed by atoms with van der Waals surface area (Å²) in [7, 11) is 0. The molecular formula is C22H18BrN3OS. The van der Waals surface area contributed by atoms with Crippen LogP contribution in [0.2, 0.25) is 0 Å². The Hall–Kier alpha value is -2.57.